The number of aryl methyl sites for hydroxylation is 1. The molecule has 1 amide bonds. The Morgan fingerprint density at radius 1 is 1.30 bits per heavy atom. The average Bonchev–Trinajstić information content (AvgIpc) is 2.63. The molecule has 1 aliphatic heterocycles. The van der Waals surface area contributed by atoms with E-state index in [1.807, 2.05) is 11.8 Å². The van der Waals surface area contributed by atoms with Crippen molar-refractivity contribution in [3.05, 3.63) is 29.6 Å². The number of hydrogen-bond donors (Lipinski definition) is 1. The van der Waals surface area contributed by atoms with Gasteiger partial charge in [0.1, 0.15) is 0 Å². The van der Waals surface area contributed by atoms with Crippen molar-refractivity contribution in [1.82, 2.24) is 14.8 Å². The van der Waals surface area contributed by atoms with Crippen molar-refractivity contribution >= 4 is 11.9 Å². The van der Waals surface area contributed by atoms with Gasteiger partial charge >= 0.3 is 5.97 Å². The number of hydrogen-bond acceptors (Lipinski definition) is 4. The van der Waals surface area contributed by atoms with Gasteiger partial charge < -0.3 is 10.0 Å². The summed E-state index contributed by atoms with van der Waals surface area (Å²) in [6, 6.07) is 3.54. The van der Waals surface area contributed by atoms with Crippen LogP contribution in [0.25, 0.3) is 0 Å². The number of carboxylic acid groups (broad SMARTS) is 1. The normalized spacial score (nSPS) is 16.8. The standard InChI is InChI=1S/C14H19N3O3/c1-11-12(4-2-5-15-11)14(20)17-7-3-6-16(8-9-17)10-13(18)19/h2,4-5H,3,6-10H2,1H3,(H,18,19). The van der Waals surface area contributed by atoms with E-state index in [1.54, 1.807) is 23.2 Å². The number of carbonyl (C=O) groups excluding carboxylic acids is 1. The Kier molecular flexibility index (Phi) is 4.68. The summed E-state index contributed by atoms with van der Waals surface area (Å²) in [7, 11) is 0. The van der Waals surface area contributed by atoms with E-state index in [2.05, 4.69) is 4.98 Å². The molecule has 6 nitrogen and oxygen atoms in total. The molecule has 0 aromatic carbocycles. The molecule has 0 radical (unpaired) electrons. The lowest BCUT2D eigenvalue weighted by atomic mass is 10.2. The highest BCUT2D eigenvalue weighted by atomic mass is 16.4. The molecule has 0 saturated carbocycles. The van der Waals surface area contributed by atoms with Crippen molar-refractivity contribution in [3.8, 4) is 0 Å². The fourth-order valence-electron chi connectivity index (χ4n) is 2.40. The topological polar surface area (TPSA) is 73.7 Å². The zero-order valence-electron chi connectivity index (χ0n) is 11.6. The van der Waals surface area contributed by atoms with Crippen molar-refractivity contribution in [2.45, 2.75) is 13.3 Å². The molecule has 2 rings (SSSR count). The SMILES string of the molecule is Cc1ncccc1C(=O)N1CCCN(CC(=O)O)CC1. The van der Waals surface area contributed by atoms with Crippen molar-refractivity contribution in [2.24, 2.45) is 0 Å². The maximum atomic E-state index is 12.5. The van der Waals surface area contributed by atoms with Gasteiger partial charge in [-0.1, -0.05) is 0 Å². The molecule has 1 aliphatic rings. The second-order valence-corrected chi connectivity index (χ2v) is 4.95. The van der Waals surface area contributed by atoms with Gasteiger partial charge in [0.15, 0.2) is 0 Å². The lowest BCUT2D eigenvalue weighted by Crippen LogP contribution is -2.37. The largest absolute Gasteiger partial charge is 0.480 e. The van der Waals surface area contributed by atoms with Gasteiger partial charge in [-0.25, -0.2) is 0 Å². The highest BCUT2D eigenvalue weighted by Crippen LogP contribution is 2.11. The van der Waals surface area contributed by atoms with Gasteiger partial charge in [-0.2, -0.15) is 0 Å². The Balaban J connectivity index is 2.02. The molecular formula is C14H19N3O3. The van der Waals surface area contributed by atoms with Gasteiger partial charge in [0.2, 0.25) is 0 Å². The van der Waals surface area contributed by atoms with Gasteiger partial charge in [0, 0.05) is 38.1 Å². The Labute approximate surface area is 118 Å². The highest BCUT2D eigenvalue weighted by Gasteiger charge is 2.22. The van der Waals surface area contributed by atoms with Gasteiger partial charge in [-0.05, 0) is 25.5 Å². The van der Waals surface area contributed by atoms with E-state index in [4.69, 9.17) is 5.11 Å². The molecule has 1 aromatic heterocycles. The molecule has 0 bridgehead atoms. The maximum absolute atomic E-state index is 12.5. The third-order valence-electron chi connectivity index (χ3n) is 3.47. The molecule has 1 N–H and O–H groups in total. The van der Waals surface area contributed by atoms with Gasteiger partial charge in [0.25, 0.3) is 5.91 Å². The minimum absolute atomic E-state index is 0.0206. The minimum Gasteiger partial charge on any atom is -0.480 e. The Morgan fingerprint density at radius 3 is 2.80 bits per heavy atom. The van der Waals surface area contributed by atoms with Crippen LogP contribution in [-0.4, -0.2) is 64.5 Å². The summed E-state index contributed by atoms with van der Waals surface area (Å²) >= 11 is 0. The fraction of sp³-hybridized carbons (Fsp3) is 0.500. The molecule has 0 aliphatic carbocycles. The predicted octanol–water partition coefficient (Wildman–Crippen LogP) is 0.623. The summed E-state index contributed by atoms with van der Waals surface area (Å²) < 4.78 is 0. The van der Waals surface area contributed by atoms with Crippen LogP contribution < -0.4 is 0 Å². The summed E-state index contributed by atoms with van der Waals surface area (Å²) in [4.78, 5) is 31.0. The number of nitrogens with zero attached hydrogens (tertiary/aromatic N) is 3. The van der Waals surface area contributed by atoms with Crippen molar-refractivity contribution < 1.29 is 14.7 Å². The van der Waals surface area contributed by atoms with Crippen molar-refractivity contribution in [2.75, 3.05) is 32.7 Å². The fourth-order valence-corrected chi connectivity index (χ4v) is 2.40. The highest BCUT2D eigenvalue weighted by molar-refractivity contribution is 5.95. The predicted molar refractivity (Wildman–Crippen MR) is 73.6 cm³/mol. The number of carboxylic acids is 1. The molecule has 0 spiro atoms. The first kappa shape index (κ1) is 14.5. The van der Waals surface area contributed by atoms with E-state index >= 15 is 0 Å². The van der Waals surface area contributed by atoms with Crippen LogP contribution in [-0.2, 0) is 4.79 Å². The number of carbonyl (C=O) groups is 2. The molecule has 0 atom stereocenters. The molecule has 0 unspecified atom stereocenters. The van der Waals surface area contributed by atoms with Gasteiger partial charge in [-0.15, -0.1) is 0 Å². The first-order valence-corrected chi connectivity index (χ1v) is 6.73. The van der Waals surface area contributed by atoms with E-state index in [0.717, 1.165) is 12.1 Å². The van der Waals surface area contributed by atoms with Gasteiger partial charge in [-0.3, -0.25) is 19.5 Å². The van der Waals surface area contributed by atoms with E-state index in [9.17, 15) is 9.59 Å². The third-order valence-corrected chi connectivity index (χ3v) is 3.47. The van der Waals surface area contributed by atoms with Crippen LogP contribution >= 0.6 is 0 Å². The second kappa shape index (κ2) is 6.47. The second-order valence-electron chi connectivity index (χ2n) is 4.95. The zero-order valence-corrected chi connectivity index (χ0v) is 11.6. The molecule has 108 valence electrons. The summed E-state index contributed by atoms with van der Waals surface area (Å²) in [5.74, 6) is -0.847. The van der Waals surface area contributed by atoms with Crippen molar-refractivity contribution in [1.29, 1.82) is 0 Å². The number of aliphatic carboxylic acids is 1. The minimum atomic E-state index is -0.826. The molecule has 20 heavy (non-hydrogen) atoms. The Morgan fingerprint density at radius 2 is 2.10 bits per heavy atom. The van der Waals surface area contributed by atoms with Crippen molar-refractivity contribution in [3.63, 3.8) is 0 Å². The lowest BCUT2D eigenvalue weighted by Gasteiger charge is -2.21. The monoisotopic (exact) mass is 277 g/mol. The van der Waals surface area contributed by atoms with E-state index in [1.165, 1.54) is 0 Å². The summed E-state index contributed by atoms with van der Waals surface area (Å²) in [6.07, 6.45) is 2.46. The van der Waals surface area contributed by atoms with E-state index in [0.29, 0.717) is 31.7 Å². The average molecular weight is 277 g/mol. The summed E-state index contributed by atoms with van der Waals surface area (Å²) in [5.41, 5.74) is 1.35. The Hall–Kier alpha value is -1.95. The van der Waals surface area contributed by atoms with Crippen LogP contribution in [0.5, 0.6) is 0 Å². The van der Waals surface area contributed by atoms with Crippen LogP contribution in [0.15, 0.2) is 18.3 Å². The quantitative estimate of drug-likeness (QED) is 0.877. The number of pyridine rings is 1. The maximum Gasteiger partial charge on any atom is 0.317 e. The molecular weight excluding hydrogens is 258 g/mol. The van der Waals surface area contributed by atoms with Crippen LogP contribution in [0.4, 0.5) is 0 Å². The zero-order chi connectivity index (χ0) is 14.5. The number of rotatable bonds is 3. The first-order chi connectivity index (χ1) is 9.58. The molecule has 1 aromatic rings. The number of aromatic nitrogens is 1. The smallest absolute Gasteiger partial charge is 0.317 e. The summed E-state index contributed by atoms with van der Waals surface area (Å²) in [5, 5.41) is 8.82. The Bertz CT molecular complexity index is 504. The van der Waals surface area contributed by atoms with Crippen LogP contribution in [0.3, 0.4) is 0 Å². The first-order valence-electron chi connectivity index (χ1n) is 6.73. The molecule has 1 fully saturated rings. The van der Waals surface area contributed by atoms with Gasteiger partial charge in [0.05, 0.1) is 12.1 Å². The lowest BCUT2D eigenvalue weighted by molar-refractivity contribution is -0.138. The molecule has 2 heterocycles. The summed E-state index contributed by atoms with van der Waals surface area (Å²) in [6.45, 7) is 4.37. The van der Waals surface area contributed by atoms with E-state index in [-0.39, 0.29) is 12.5 Å². The molecule has 6 heteroatoms. The van der Waals surface area contributed by atoms with Crippen LogP contribution in [0.1, 0.15) is 22.5 Å². The third kappa shape index (κ3) is 3.54. The van der Waals surface area contributed by atoms with E-state index < -0.39 is 5.97 Å². The number of amides is 1. The van der Waals surface area contributed by atoms with Crippen LogP contribution in [0.2, 0.25) is 0 Å². The van der Waals surface area contributed by atoms with Crippen LogP contribution in [0, 0.1) is 6.92 Å². The molecule has 1 saturated heterocycles.